The molecule has 0 bridgehead atoms. The number of thiophene rings is 1. The fraction of sp³-hybridized carbons (Fsp3) is 0.350. The zero-order chi connectivity index (χ0) is 19.5. The van der Waals surface area contributed by atoms with Gasteiger partial charge in [0, 0.05) is 25.1 Å². The molecule has 2 aromatic heterocycles. The summed E-state index contributed by atoms with van der Waals surface area (Å²) in [6, 6.07) is 10.7. The largest absolute Gasteiger partial charge is 0.385 e. The number of hydrogen-bond donors (Lipinski definition) is 2. The molecule has 0 saturated carbocycles. The van der Waals surface area contributed by atoms with Crippen LogP contribution in [0.2, 0.25) is 0 Å². The van der Waals surface area contributed by atoms with E-state index in [0.29, 0.717) is 0 Å². The Hall–Kier alpha value is -2.29. The number of methoxy groups -OCH3 is 1. The number of ether oxygens (including phenoxy) is 1. The van der Waals surface area contributed by atoms with E-state index in [1.807, 2.05) is 0 Å². The molecule has 6 nitrogen and oxygen atoms in total. The van der Waals surface area contributed by atoms with Gasteiger partial charge in [-0.25, -0.2) is 9.97 Å². The van der Waals surface area contributed by atoms with Crippen LogP contribution in [0.4, 0.5) is 5.82 Å². The van der Waals surface area contributed by atoms with Gasteiger partial charge >= 0.3 is 0 Å². The highest BCUT2D eigenvalue weighted by molar-refractivity contribution is 7.80. The van der Waals surface area contributed by atoms with Crippen molar-refractivity contribution < 1.29 is 4.74 Å². The number of aromatic nitrogens is 2. The average molecular weight is 414 g/mol. The molecular formula is C20H23N5OS2. The van der Waals surface area contributed by atoms with Gasteiger partial charge in [0.2, 0.25) is 0 Å². The Bertz CT molecular complexity index is 990. The average Bonchev–Trinajstić information content (AvgIpc) is 3.31. The Morgan fingerprint density at radius 2 is 2.25 bits per heavy atom. The van der Waals surface area contributed by atoms with Crippen LogP contribution in [0.5, 0.6) is 0 Å². The van der Waals surface area contributed by atoms with Crippen LogP contribution < -0.4 is 10.6 Å². The fourth-order valence-electron chi connectivity index (χ4n) is 3.06. The van der Waals surface area contributed by atoms with Gasteiger partial charge in [0.1, 0.15) is 18.3 Å². The van der Waals surface area contributed by atoms with E-state index in [-0.39, 0.29) is 6.17 Å². The number of hydrogen-bond acceptors (Lipinski definition) is 6. The molecule has 1 unspecified atom stereocenters. The summed E-state index contributed by atoms with van der Waals surface area (Å²) in [6.07, 6.45) is 2.72. The maximum atomic E-state index is 5.46. The lowest BCUT2D eigenvalue weighted by Gasteiger charge is -2.11. The number of rotatable bonds is 7. The minimum absolute atomic E-state index is 0.171. The van der Waals surface area contributed by atoms with Gasteiger partial charge in [-0.3, -0.25) is 0 Å². The first-order valence-corrected chi connectivity index (χ1v) is 10.5. The monoisotopic (exact) mass is 413 g/mol. The van der Waals surface area contributed by atoms with Crippen LogP contribution in [-0.4, -0.2) is 53.0 Å². The molecular weight excluding hydrogens is 390 g/mol. The summed E-state index contributed by atoms with van der Waals surface area (Å²) in [7, 11) is 1.71. The molecule has 1 fully saturated rings. The second kappa shape index (κ2) is 8.38. The first kappa shape index (κ1) is 19.0. The van der Waals surface area contributed by atoms with E-state index in [1.165, 1.54) is 16.0 Å². The van der Waals surface area contributed by atoms with Crippen molar-refractivity contribution in [2.75, 3.05) is 32.1 Å². The number of nitrogens with one attached hydrogen (secondary N) is 2. The van der Waals surface area contributed by atoms with Crippen molar-refractivity contribution in [2.24, 2.45) is 0 Å². The van der Waals surface area contributed by atoms with Crippen LogP contribution in [-0.2, 0) is 4.74 Å². The molecule has 1 aliphatic rings. The fourth-order valence-corrected chi connectivity index (χ4v) is 4.42. The summed E-state index contributed by atoms with van der Waals surface area (Å²) >= 11 is 7.18. The second-order valence-electron chi connectivity index (χ2n) is 6.81. The molecule has 0 aliphatic carbocycles. The molecule has 1 atom stereocenters. The van der Waals surface area contributed by atoms with Gasteiger partial charge in [-0.05, 0) is 37.2 Å². The van der Waals surface area contributed by atoms with Crippen molar-refractivity contribution in [1.82, 2.24) is 20.2 Å². The molecule has 2 N–H and O–H groups in total. The molecule has 4 rings (SSSR count). The Labute approximate surface area is 173 Å². The van der Waals surface area contributed by atoms with Crippen molar-refractivity contribution in [1.29, 1.82) is 0 Å². The molecule has 28 heavy (non-hydrogen) atoms. The van der Waals surface area contributed by atoms with Crippen LogP contribution in [0, 0.1) is 6.92 Å². The van der Waals surface area contributed by atoms with E-state index >= 15 is 0 Å². The molecule has 1 aliphatic heterocycles. The van der Waals surface area contributed by atoms with Crippen molar-refractivity contribution >= 4 is 44.7 Å². The zero-order valence-corrected chi connectivity index (χ0v) is 17.6. The van der Waals surface area contributed by atoms with Crippen LogP contribution in [0.15, 0.2) is 36.7 Å². The topological polar surface area (TPSA) is 62.1 Å². The summed E-state index contributed by atoms with van der Waals surface area (Å²) in [5, 5.41) is 7.54. The van der Waals surface area contributed by atoms with Crippen LogP contribution in [0.1, 0.15) is 12.0 Å². The molecule has 0 amide bonds. The molecule has 8 heteroatoms. The van der Waals surface area contributed by atoms with E-state index in [9.17, 15) is 0 Å². The van der Waals surface area contributed by atoms with Crippen molar-refractivity contribution in [3.63, 3.8) is 0 Å². The first-order chi connectivity index (χ1) is 13.7. The number of nitrogens with zero attached hydrogens (tertiary/aromatic N) is 3. The van der Waals surface area contributed by atoms with Crippen LogP contribution in [0.3, 0.4) is 0 Å². The highest BCUT2D eigenvalue weighted by Gasteiger charge is 2.36. The number of thiocarbonyl (C=S) groups is 1. The maximum absolute atomic E-state index is 5.46. The SMILES string of the molecule is COCCCNC(=S)N1CC1Nc1ncnc2cc(-c3cccc(C)c3)sc12. The predicted octanol–water partition coefficient (Wildman–Crippen LogP) is 3.63. The number of aryl methyl sites for hydroxylation is 1. The number of benzene rings is 1. The van der Waals surface area contributed by atoms with Crippen molar-refractivity contribution in [3.05, 3.63) is 42.2 Å². The van der Waals surface area contributed by atoms with Gasteiger partial charge < -0.3 is 20.3 Å². The van der Waals surface area contributed by atoms with Crippen molar-refractivity contribution in [2.45, 2.75) is 19.5 Å². The van der Waals surface area contributed by atoms with Gasteiger partial charge in [-0.2, -0.15) is 0 Å². The van der Waals surface area contributed by atoms with E-state index in [4.69, 9.17) is 17.0 Å². The van der Waals surface area contributed by atoms with E-state index in [1.54, 1.807) is 24.8 Å². The molecule has 0 spiro atoms. The summed E-state index contributed by atoms with van der Waals surface area (Å²) in [5.74, 6) is 0.864. The highest BCUT2D eigenvalue weighted by atomic mass is 32.1. The summed E-state index contributed by atoms with van der Waals surface area (Å²) < 4.78 is 6.13. The standard InChI is InChI=1S/C20H23N5OS2/c1-13-5-3-6-14(9-13)16-10-15-18(28-16)19(23-12-22-15)24-17-11-25(17)20(27)21-7-4-8-26-2/h3,5-6,9-10,12,17H,4,7-8,11H2,1-2H3,(H,21,27)(H,22,23,24). The van der Waals surface area contributed by atoms with Crippen LogP contribution >= 0.6 is 23.6 Å². The van der Waals surface area contributed by atoms with E-state index in [0.717, 1.165) is 47.3 Å². The maximum Gasteiger partial charge on any atom is 0.170 e. The molecule has 3 heterocycles. The number of fused-ring (bicyclic) bond motifs is 1. The van der Waals surface area contributed by atoms with Gasteiger partial charge in [0.25, 0.3) is 0 Å². The van der Waals surface area contributed by atoms with E-state index in [2.05, 4.69) is 62.8 Å². The van der Waals surface area contributed by atoms with Gasteiger partial charge in [0.15, 0.2) is 5.11 Å². The minimum atomic E-state index is 0.171. The third-order valence-corrected chi connectivity index (χ3v) is 6.15. The van der Waals surface area contributed by atoms with Gasteiger partial charge in [0.05, 0.1) is 16.8 Å². The predicted molar refractivity (Wildman–Crippen MR) is 119 cm³/mol. The summed E-state index contributed by atoms with van der Waals surface area (Å²) in [5.41, 5.74) is 3.43. The van der Waals surface area contributed by atoms with Gasteiger partial charge in [-0.15, -0.1) is 11.3 Å². The van der Waals surface area contributed by atoms with Crippen LogP contribution in [0.25, 0.3) is 20.7 Å². The quantitative estimate of drug-likeness (QED) is 0.348. The Morgan fingerprint density at radius 3 is 3.07 bits per heavy atom. The smallest absolute Gasteiger partial charge is 0.170 e. The lowest BCUT2D eigenvalue weighted by molar-refractivity contribution is 0.195. The minimum Gasteiger partial charge on any atom is -0.385 e. The summed E-state index contributed by atoms with van der Waals surface area (Å²) in [6.45, 7) is 4.53. The Kier molecular flexibility index (Phi) is 5.70. The summed E-state index contributed by atoms with van der Waals surface area (Å²) in [4.78, 5) is 12.2. The lowest BCUT2D eigenvalue weighted by atomic mass is 10.1. The molecule has 0 radical (unpaired) electrons. The van der Waals surface area contributed by atoms with E-state index < -0.39 is 0 Å². The third kappa shape index (κ3) is 4.24. The molecule has 3 aromatic rings. The third-order valence-electron chi connectivity index (χ3n) is 4.59. The molecule has 146 valence electrons. The second-order valence-corrected chi connectivity index (χ2v) is 8.25. The Morgan fingerprint density at radius 1 is 1.36 bits per heavy atom. The Balaban J connectivity index is 1.44. The lowest BCUT2D eigenvalue weighted by Crippen LogP contribution is -2.31. The van der Waals surface area contributed by atoms with Crippen molar-refractivity contribution in [3.8, 4) is 10.4 Å². The zero-order valence-electron chi connectivity index (χ0n) is 15.9. The highest BCUT2D eigenvalue weighted by Crippen LogP contribution is 2.36. The number of anilines is 1. The molecule has 1 saturated heterocycles. The van der Waals surface area contributed by atoms with Gasteiger partial charge in [-0.1, -0.05) is 29.8 Å². The normalized spacial score (nSPS) is 15.6. The first-order valence-electron chi connectivity index (χ1n) is 9.27. The molecule has 1 aromatic carbocycles.